The first kappa shape index (κ1) is 15.3. The normalized spacial score (nSPS) is 24.8. The van der Waals surface area contributed by atoms with Gasteiger partial charge in [0, 0.05) is 24.8 Å². The van der Waals surface area contributed by atoms with Crippen molar-refractivity contribution in [1.29, 1.82) is 0 Å². The lowest BCUT2D eigenvalue weighted by molar-refractivity contribution is 0.387. The van der Waals surface area contributed by atoms with E-state index in [9.17, 15) is 0 Å². The van der Waals surface area contributed by atoms with Crippen molar-refractivity contribution in [2.24, 2.45) is 11.7 Å². The van der Waals surface area contributed by atoms with E-state index in [0.29, 0.717) is 6.04 Å². The van der Waals surface area contributed by atoms with Gasteiger partial charge in [0.1, 0.15) is 5.82 Å². The van der Waals surface area contributed by atoms with E-state index in [0.717, 1.165) is 31.1 Å². The molecule has 0 spiro atoms. The summed E-state index contributed by atoms with van der Waals surface area (Å²) in [4.78, 5) is 7.22. The van der Waals surface area contributed by atoms with E-state index in [4.69, 9.17) is 10.7 Å². The lowest BCUT2D eigenvalue weighted by Crippen LogP contribution is -2.42. The number of hydrogen-bond acceptors (Lipinski definition) is 3. The molecule has 3 unspecified atom stereocenters. The predicted molar refractivity (Wildman–Crippen MR) is 86.2 cm³/mol. The molecule has 2 rings (SSSR count). The lowest BCUT2D eigenvalue weighted by atomic mass is 9.94. The topological polar surface area (TPSA) is 42.1 Å². The molecule has 0 aliphatic carbocycles. The minimum absolute atomic E-state index is 0.246. The highest BCUT2D eigenvalue weighted by Crippen LogP contribution is 2.28. The Kier molecular flexibility index (Phi) is 5.03. The molecule has 1 aliphatic heterocycles. The maximum Gasteiger partial charge on any atom is 0.131 e. The molecule has 3 nitrogen and oxygen atoms in total. The van der Waals surface area contributed by atoms with Crippen LogP contribution in [0.4, 0.5) is 5.82 Å². The number of nitrogens with zero attached hydrogens (tertiary/aromatic N) is 2. The van der Waals surface area contributed by atoms with Crippen LogP contribution in [0.5, 0.6) is 0 Å². The van der Waals surface area contributed by atoms with Crippen LogP contribution in [-0.4, -0.2) is 23.6 Å². The Hall–Kier alpha value is -1.09. The number of rotatable bonds is 4. The Morgan fingerprint density at radius 3 is 2.80 bits per heavy atom. The minimum Gasteiger partial charge on any atom is -0.353 e. The highest BCUT2D eigenvalue weighted by molar-refractivity contribution is 5.48. The van der Waals surface area contributed by atoms with Gasteiger partial charge >= 0.3 is 0 Å². The third kappa shape index (κ3) is 3.51. The zero-order chi connectivity index (χ0) is 14.7. The van der Waals surface area contributed by atoms with Gasteiger partial charge in [0.05, 0.1) is 0 Å². The number of hydrogen-bond donors (Lipinski definition) is 1. The van der Waals surface area contributed by atoms with Gasteiger partial charge in [-0.15, -0.1) is 0 Å². The first-order valence-corrected chi connectivity index (χ1v) is 7.99. The summed E-state index contributed by atoms with van der Waals surface area (Å²) in [6.07, 6.45) is 6.56. The Morgan fingerprint density at radius 1 is 1.40 bits per heavy atom. The van der Waals surface area contributed by atoms with Crippen molar-refractivity contribution in [2.45, 2.75) is 65.5 Å². The van der Waals surface area contributed by atoms with Gasteiger partial charge in [-0.25, -0.2) is 4.98 Å². The third-order valence-electron chi connectivity index (χ3n) is 4.52. The molecule has 0 aromatic carbocycles. The largest absolute Gasteiger partial charge is 0.353 e. The highest BCUT2D eigenvalue weighted by Gasteiger charge is 2.25. The van der Waals surface area contributed by atoms with E-state index in [2.05, 4.69) is 38.7 Å². The SMILES string of the molecule is CCC(N)Cc1cnc(N2CC(C)CCC2C)c(C)c1. The van der Waals surface area contributed by atoms with Crippen LogP contribution >= 0.6 is 0 Å². The number of aromatic nitrogens is 1. The number of aryl methyl sites for hydroxylation is 1. The third-order valence-corrected chi connectivity index (χ3v) is 4.52. The molecule has 0 amide bonds. The predicted octanol–water partition coefficient (Wildman–Crippen LogP) is 3.29. The van der Waals surface area contributed by atoms with Crippen LogP contribution < -0.4 is 10.6 Å². The van der Waals surface area contributed by atoms with Crippen molar-refractivity contribution >= 4 is 5.82 Å². The monoisotopic (exact) mass is 275 g/mol. The Labute approximate surface area is 123 Å². The van der Waals surface area contributed by atoms with E-state index in [1.54, 1.807) is 0 Å². The van der Waals surface area contributed by atoms with Crippen LogP contribution in [0.2, 0.25) is 0 Å². The van der Waals surface area contributed by atoms with Gasteiger partial charge in [-0.1, -0.05) is 19.9 Å². The highest BCUT2D eigenvalue weighted by atomic mass is 15.2. The Bertz CT molecular complexity index is 444. The Morgan fingerprint density at radius 2 is 2.15 bits per heavy atom. The van der Waals surface area contributed by atoms with Crippen LogP contribution in [0, 0.1) is 12.8 Å². The van der Waals surface area contributed by atoms with E-state index < -0.39 is 0 Å². The molecule has 112 valence electrons. The van der Waals surface area contributed by atoms with Crippen molar-refractivity contribution in [3.8, 4) is 0 Å². The molecule has 1 saturated heterocycles. The quantitative estimate of drug-likeness (QED) is 0.917. The van der Waals surface area contributed by atoms with Crippen molar-refractivity contribution in [2.75, 3.05) is 11.4 Å². The molecule has 1 aromatic rings. The van der Waals surface area contributed by atoms with Gasteiger partial charge in [0.2, 0.25) is 0 Å². The average Bonchev–Trinajstić information content (AvgIpc) is 2.42. The molecule has 2 N–H and O–H groups in total. The number of nitrogens with two attached hydrogens (primary N) is 1. The van der Waals surface area contributed by atoms with Crippen LogP contribution in [0.3, 0.4) is 0 Å². The number of piperidine rings is 1. The smallest absolute Gasteiger partial charge is 0.131 e. The second-order valence-corrected chi connectivity index (χ2v) is 6.54. The van der Waals surface area contributed by atoms with Crippen LogP contribution in [0.15, 0.2) is 12.3 Å². The van der Waals surface area contributed by atoms with E-state index >= 15 is 0 Å². The van der Waals surface area contributed by atoms with Crippen molar-refractivity contribution in [1.82, 2.24) is 4.98 Å². The van der Waals surface area contributed by atoms with E-state index in [-0.39, 0.29) is 6.04 Å². The summed E-state index contributed by atoms with van der Waals surface area (Å²) in [6.45, 7) is 10.1. The Balaban J connectivity index is 2.16. The fourth-order valence-electron chi connectivity index (χ4n) is 3.07. The molecular formula is C17H29N3. The van der Waals surface area contributed by atoms with Gasteiger partial charge in [-0.2, -0.15) is 0 Å². The number of anilines is 1. The van der Waals surface area contributed by atoms with Crippen LogP contribution in [0.25, 0.3) is 0 Å². The molecule has 20 heavy (non-hydrogen) atoms. The summed E-state index contributed by atoms with van der Waals surface area (Å²) in [5.41, 5.74) is 8.58. The van der Waals surface area contributed by atoms with Gasteiger partial charge in [0.25, 0.3) is 0 Å². The summed E-state index contributed by atoms with van der Waals surface area (Å²) in [5, 5.41) is 0. The first-order valence-electron chi connectivity index (χ1n) is 7.99. The maximum atomic E-state index is 6.04. The van der Waals surface area contributed by atoms with Gasteiger partial charge in [-0.05, 0) is 56.6 Å². The molecular weight excluding hydrogens is 246 g/mol. The summed E-state index contributed by atoms with van der Waals surface area (Å²) in [6, 6.07) is 3.11. The first-order chi connectivity index (χ1) is 9.51. The second kappa shape index (κ2) is 6.57. The fourth-order valence-corrected chi connectivity index (χ4v) is 3.07. The lowest BCUT2D eigenvalue weighted by Gasteiger charge is -2.38. The van der Waals surface area contributed by atoms with Crippen LogP contribution in [0.1, 0.15) is 51.2 Å². The number of pyridine rings is 1. The van der Waals surface area contributed by atoms with Crippen molar-refractivity contribution < 1.29 is 0 Å². The molecule has 0 saturated carbocycles. The molecule has 3 atom stereocenters. The molecule has 1 aliphatic rings. The van der Waals surface area contributed by atoms with Gasteiger partial charge < -0.3 is 10.6 Å². The van der Waals surface area contributed by atoms with Crippen molar-refractivity contribution in [3.63, 3.8) is 0 Å². The molecule has 2 heterocycles. The van der Waals surface area contributed by atoms with E-state index in [1.165, 1.54) is 24.0 Å². The second-order valence-electron chi connectivity index (χ2n) is 6.54. The summed E-state index contributed by atoms with van der Waals surface area (Å²) in [5.74, 6) is 1.93. The van der Waals surface area contributed by atoms with Crippen LogP contribution in [-0.2, 0) is 6.42 Å². The minimum atomic E-state index is 0.246. The zero-order valence-electron chi connectivity index (χ0n) is 13.4. The summed E-state index contributed by atoms with van der Waals surface area (Å²) < 4.78 is 0. The molecule has 0 radical (unpaired) electrons. The maximum absolute atomic E-state index is 6.04. The van der Waals surface area contributed by atoms with Gasteiger partial charge in [0.15, 0.2) is 0 Å². The van der Waals surface area contributed by atoms with Crippen molar-refractivity contribution in [3.05, 3.63) is 23.4 Å². The molecule has 1 fully saturated rings. The standard InChI is InChI=1S/C17H29N3/c1-5-16(18)9-15-8-13(3)17(19-10-15)20-11-12(2)6-7-14(20)4/h8,10,12,14,16H,5-7,9,11,18H2,1-4H3. The molecule has 0 bridgehead atoms. The van der Waals surface area contributed by atoms with E-state index in [1.807, 2.05) is 6.20 Å². The van der Waals surface area contributed by atoms with Gasteiger partial charge in [-0.3, -0.25) is 0 Å². The zero-order valence-corrected chi connectivity index (χ0v) is 13.4. The fraction of sp³-hybridized carbons (Fsp3) is 0.706. The summed E-state index contributed by atoms with van der Waals surface area (Å²) in [7, 11) is 0. The average molecular weight is 275 g/mol. The molecule has 3 heteroatoms. The molecule has 1 aromatic heterocycles. The summed E-state index contributed by atoms with van der Waals surface area (Å²) >= 11 is 0.